The summed E-state index contributed by atoms with van der Waals surface area (Å²) in [6.07, 6.45) is 0.0476. The Morgan fingerprint density at radius 1 is 1.35 bits per heavy atom. The van der Waals surface area contributed by atoms with Crippen molar-refractivity contribution in [2.45, 2.75) is 6.42 Å². The van der Waals surface area contributed by atoms with E-state index in [4.69, 9.17) is 5.11 Å². The fourth-order valence-electron chi connectivity index (χ4n) is 1.48. The molecular weight excluding hydrogens is 222 g/mol. The summed E-state index contributed by atoms with van der Waals surface area (Å²) in [4.78, 5) is 23.5. The van der Waals surface area contributed by atoms with Crippen LogP contribution in [0.3, 0.4) is 0 Å². The minimum absolute atomic E-state index is 0.269. The molecule has 0 saturated carbocycles. The van der Waals surface area contributed by atoms with Gasteiger partial charge in [-0.25, -0.2) is 9.59 Å². The van der Waals surface area contributed by atoms with Crippen molar-refractivity contribution in [1.29, 1.82) is 0 Å². The second-order valence-corrected chi connectivity index (χ2v) is 3.60. The summed E-state index contributed by atoms with van der Waals surface area (Å²) in [5, 5.41) is 8.98. The Morgan fingerprint density at radius 2 is 2.00 bits per heavy atom. The van der Waals surface area contributed by atoms with E-state index in [1.165, 1.54) is 12.0 Å². The molecule has 1 aromatic rings. The van der Waals surface area contributed by atoms with E-state index in [-0.39, 0.29) is 5.56 Å². The summed E-state index contributed by atoms with van der Waals surface area (Å²) in [5.74, 6) is -0.957. The first-order chi connectivity index (χ1) is 8.06. The molecule has 0 aliphatic carbocycles. The number of methoxy groups -OCH3 is 1. The van der Waals surface area contributed by atoms with Crippen LogP contribution in [0.4, 0.5) is 4.79 Å². The standard InChI is InChI=1S/C12H15NO4/c1-13(12(16)17-2)8-7-9-5-3-4-6-10(9)11(14)15/h3-6H,7-8H2,1-2H3,(H,14,15). The molecule has 0 aliphatic rings. The van der Waals surface area contributed by atoms with Crippen LogP contribution in [0.1, 0.15) is 15.9 Å². The quantitative estimate of drug-likeness (QED) is 0.864. The van der Waals surface area contributed by atoms with Gasteiger partial charge in [-0.2, -0.15) is 0 Å². The van der Waals surface area contributed by atoms with Crippen molar-refractivity contribution in [2.75, 3.05) is 20.7 Å². The van der Waals surface area contributed by atoms with Crippen LogP contribution in [-0.2, 0) is 11.2 Å². The zero-order chi connectivity index (χ0) is 12.8. The van der Waals surface area contributed by atoms with Crippen LogP contribution in [0.25, 0.3) is 0 Å². The summed E-state index contributed by atoms with van der Waals surface area (Å²) in [7, 11) is 2.92. The van der Waals surface area contributed by atoms with Gasteiger partial charge in [0.2, 0.25) is 0 Å². The summed E-state index contributed by atoms with van der Waals surface area (Å²) in [6.45, 7) is 0.414. The van der Waals surface area contributed by atoms with Gasteiger partial charge in [0, 0.05) is 13.6 Å². The third kappa shape index (κ3) is 3.48. The predicted octanol–water partition coefficient (Wildman–Crippen LogP) is 1.63. The maximum Gasteiger partial charge on any atom is 0.409 e. The average Bonchev–Trinajstić information content (AvgIpc) is 2.35. The second kappa shape index (κ2) is 5.89. The first kappa shape index (κ1) is 13.0. The van der Waals surface area contributed by atoms with Gasteiger partial charge in [0.05, 0.1) is 12.7 Å². The monoisotopic (exact) mass is 237 g/mol. The van der Waals surface area contributed by atoms with Gasteiger partial charge in [-0.1, -0.05) is 18.2 Å². The van der Waals surface area contributed by atoms with Gasteiger partial charge >= 0.3 is 12.1 Å². The van der Waals surface area contributed by atoms with Gasteiger partial charge in [-0.3, -0.25) is 0 Å². The van der Waals surface area contributed by atoms with E-state index in [0.29, 0.717) is 18.5 Å². The molecule has 1 rings (SSSR count). The van der Waals surface area contributed by atoms with Crippen LogP contribution in [0, 0.1) is 0 Å². The van der Waals surface area contributed by atoms with Crippen LogP contribution in [0.2, 0.25) is 0 Å². The molecule has 0 heterocycles. The van der Waals surface area contributed by atoms with Gasteiger partial charge < -0.3 is 14.7 Å². The Morgan fingerprint density at radius 3 is 2.59 bits per heavy atom. The molecule has 0 atom stereocenters. The van der Waals surface area contributed by atoms with Crippen LogP contribution in [0.15, 0.2) is 24.3 Å². The lowest BCUT2D eigenvalue weighted by Gasteiger charge is -2.15. The molecule has 0 aliphatic heterocycles. The van der Waals surface area contributed by atoms with Crippen LogP contribution < -0.4 is 0 Å². The smallest absolute Gasteiger partial charge is 0.409 e. The van der Waals surface area contributed by atoms with E-state index in [9.17, 15) is 9.59 Å². The molecule has 0 radical (unpaired) electrons. The third-order valence-corrected chi connectivity index (χ3v) is 2.45. The molecule has 0 fully saturated rings. The molecule has 0 unspecified atom stereocenters. The van der Waals surface area contributed by atoms with Crippen molar-refractivity contribution in [3.63, 3.8) is 0 Å². The molecule has 0 aromatic heterocycles. The molecule has 0 bridgehead atoms. The van der Waals surface area contributed by atoms with E-state index >= 15 is 0 Å². The molecule has 5 heteroatoms. The number of ether oxygens (including phenoxy) is 1. The topological polar surface area (TPSA) is 66.8 Å². The van der Waals surface area contributed by atoms with E-state index < -0.39 is 12.1 Å². The van der Waals surface area contributed by atoms with Crippen molar-refractivity contribution in [1.82, 2.24) is 4.90 Å². The first-order valence-corrected chi connectivity index (χ1v) is 5.16. The lowest BCUT2D eigenvalue weighted by atomic mass is 10.0. The number of nitrogens with zero attached hydrogens (tertiary/aromatic N) is 1. The molecule has 0 saturated heterocycles. The SMILES string of the molecule is COC(=O)N(C)CCc1ccccc1C(=O)O. The highest BCUT2D eigenvalue weighted by Crippen LogP contribution is 2.10. The van der Waals surface area contributed by atoms with Crippen molar-refractivity contribution < 1.29 is 19.4 Å². The van der Waals surface area contributed by atoms with Gasteiger partial charge in [0.25, 0.3) is 0 Å². The lowest BCUT2D eigenvalue weighted by molar-refractivity contribution is 0.0695. The first-order valence-electron chi connectivity index (χ1n) is 5.16. The molecule has 17 heavy (non-hydrogen) atoms. The third-order valence-electron chi connectivity index (χ3n) is 2.45. The molecule has 5 nitrogen and oxygen atoms in total. The minimum Gasteiger partial charge on any atom is -0.478 e. The number of likely N-dealkylation sites (N-methyl/N-ethyl adjacent to an activating group) is 1. The highest BCUT2D eigenvalue weighted by atomic mass is 16.5. The fraction of sp³-hybridized carbons (Fsp3) is 0.333. The van der Waals surface area contributed by atoms with E-state index in [1.807, 2.05) is 0 Å². The highest BCUT2D eigenvalue weighted by Gasteiger charge is 2.12. The summed E-state index contributed by atoms with van der Waals surface area (Å²) in [6, 6.07) is 6.75. The molecule has 1 aromatic carbocycles. The number of hydrogen-bond acceptors (Lipinski definition) is 3. The maximum absolute atomic E-state index is 11.1. The number of carboxylic acid groups (broad SMARTS) is 1. The highest BCUT2D eigenvalue weighted by molar-refractivity contribution is 5.89. The molecular formula is C12H15NO4. The number of amides is 1. The summed E-state index contributed by atoms with van der Waals surface area (Å²) < 4.78 is 4.55. The number of carbonyl (C=O) groups excluding carboxylic acids is 1. The van der Waals surface area contributed by atoms with Gasteiger partial charge in [0.15, 0.2) is 0 Å². The summed E-state index contributed by atoms with van der Waals surface area (Å²) >= 11 is 0. The second-order valence-electron chi connectivity index (χ2n) is 3.60. The van der Waals surface area contributed by atoms with Crippen molar-refractivity contribution in [3.8, 4) is 0 Å². The Bertz CT molecular complexity index is 417. The Labute approximate surface area is 99.6 Å². The van der Waals surface area contributed by atoms with E-state index in [0.717, 1.165) is 0 Å². The Kier molecular flexibility index (Phi) is 4.51. The normalized spacial score (nSPS) is 9.76. The molecule has 92 valence electrons. The van der Waals surface area contributed by atoms with Crippen molar-refractivity contribution >= 4 is 12.1 Å². The number of aromatic carboxylic acids is 1. The van der Waals surface area contributed by atoms with Gasteiger partial charge in [-0.15, -0.1) is 0 Å². The fourth-order valence-corrected chi connectivity index (χ4v) is 1.48. The predicted molar refractivity (Wildman–Crippen MR) is 62.1 cm³/mol. The Balaban J connectivity index is 2.69. The van der Waals surface area contributed by atoms with E-state index in [1.54, 1.807) is 31.3 Å². The zero-order valence-electron chi connectivity index (χ0n) is 9.84. The number of carboxylic acids is 1. The number of rotatable bonds is 4. The van der Waals surface area contributed by atoms with Crippen LogP contribution in [0.5, 0.6) is 0 Å². The summed E-state index contributed by atoms with van der Waals surface area (Å²) in [5.41, 5.74) is 0.974. The van der Waals surface area contributed by atoms with Gasteiger partial charge in [-0.05, 0) is 18.1 Å². The molecule has 0 spiro atoms. The molecule has 1 amide bonds. The minimum atomic E-state index is -0.957. The van der Waals surface area contributed by atoms with Gasteiger partial charge in [0.1, 0.15) is 0 Å². The van der Waals surface area contributed by atoms with Crippen molar-refractivity contribution in [3.05, 3.63) is 35.4 Å². The number of hydrogen-bond donors (Lipinski definition) is 1. The molecule has 1 N–H and O–H groups in total. The average molecular weight is 237 g/mol. The van der Waals surface area contributed by atoms with E-state index in [2.05, 4.69) is 4.74 Å². The maximum atomic E-state index is 11.1. The Hall–Kier alpha value is -2.04. The number of carbonyl (C=O) groups is 2. The lowest BCUT2D eigenvalue weighted by Crippen LogP contribution is -2.28. The largest absolute Gasteiger partial charge is 0.478 e. The van der Waals surface area contributed by atoms with Crippen LogP contribution >= 0.6 is 0 Å². The number of benzene rings is 1. The zero-order valence-corrected chi connectivity index (χ0v) is 9.84. The van der Waals surface area contributed by atoms with Crippen molar-refractivity contribution in [2.24, 2.45) is 0 Å². The van der Waals surface area contributed by atoms with Crippen LogP contribution in [-0.4, -0.2) is 42.8 Å².